The van der Waals surface area contributed by atoms with Crippen molar-refractivity contribution in [2.75, 3.05) is 51.8 Å². The van der Waals surface area contributed by atoms with Crippen LogP contribution in [0, 0.1) is 5.92 Å². The van der Waals surface area contributed by atoms with Crippen LogP contribution in [0.2, 0.25) is 0 Å². The smallest absolute Gasteiger partial charge is 0.244 e. The minimum absolute atomic E-state index is 0.0236. The number of benzene rings is 1. The van der Waals surface area contributed by atoms with Crippen molar-refractivity contribution in [1.29, 1.82) is 0 Å². The van der Waals surface area contributed by atoms with Gasteiger partial charge in [0.2, 0.25) is 5.91 Å². The van der Waals surface area contributed by atoms with Gasteiger partial charge in [-0.3, -0.25) is 25.8 Å². The number of likely N-dealkylation sites (N-methyl/N-ethyl adjacent to an activating group) is 1. The Balaban J connectivity index is 1.21. The molecule has 6 rings (SSSR count). The van der Waals surface area contributed by atoms with E-state index in [4.69, 9.17) is 9.47 Å². The van der Waals surface area contributed by atoms with E-state index in [1.807, 2.05) is 17.2 Å². The Morgan fingerprint density at radius 1 is 1.13 bits per heavy atom. The summed E-state index contributed by atoms with van der Waals surface area (Å²) in [6.07, 6.45) is 6.74. The standard InChI is InChI=1S/C28H43N7O3/c1-28(2)18-33(3)17-19-15-20(9-10-22(19)28)30-27-29-16-21-25(32-27)35-23-7-6-8-24(31-23)38-14-13-37-12-5-4-11-34(35)26(21)36/h4-5,9-10,15,21,23-25,27,29-32H,6-8,11-14,16-18H2,1-3H3/b5-4+. The molecule has 1 aromatic carbocycles. The lowest BCUT2D eigenvalue weighted by Gasteiger charge is -2.44. The van der Waals surface area contributed by atoms with Gasteiger partial charge in [0, 0.05) is 30.7 Å². The summed E-state index contributed by atoms with van der Waals surface area (Å²) in [5.41, 5.74) is 4.02. The van der Waals surface area contributed by atoms with Crippen LogP contribution < -0.4 is 21.3 Å². The number of piperidine rings is 1. The Hall–Kier alpha value is -2.05. The van der Waals surface area contributed by atoms with Gasteiger partial charge in [-0.2, -0.15) is 5.01 Å². The van der Waals surface area contributed by atoms with Crippen LogP contribution in [0.3, 0.4) is 0 Å². The molecule has 2 bridgehead atoms. The van der Waals surface area contributed by atoms with Gasteiger partial charge in [-0.1, -0.05) is 32.1 Å². The van der Waals surface area contributed by atoms with Crippen LogP contribution >= 0.6 is 0 Å². The number of fused-ring (bicyclic) bond motifs is 7. The predicted molar refractivity (Wildman–Crippen MR) is 146 cm³/mol. The molecule has 0 radical (unpaired) electrons. The lowest BCUT2D eigenvalue weighted by Crippen LogP contribution is -2.68. The van der Waals surface area contributed by atoms with Gasteiger partial charge < -0.3 is 19.7 Å². The first-order valence-corrected chi connectivity index (χ1v) is 14.2. The molecule has 5 aliphatic rings. The molecule has 0 spiro atoms. The van der Waals surface area contributed by atoms with Crippen LogP contribution in [0.25, 0.3) is 0 Å². The zero-order valence-electron chi connectivity index (χ0n) is 22.9. The lowest BCUT2D eigenvalue weighted by atomic mass is 9.78. The van der Waals surface area contributed by atoms with Crippen LogP contribution in [0.15, 0.2) is 30.4 Å². The molecule has 4 N–H and O–H groups in total. The third kappa shape index (κ3) is 5.23. The van der Waals surface area contributed by atoms with Gasteiger partial charge >= 0.3 is 0 Å². The average Bonchev–Trinajstić information content (AvgIpc) is 3.15. The fourth-order valence-corrected chi connectivity index (χ4v) is 6.89. The molecule has 208 valence electrons. The molecule has 38 heavy (non-hydrogen) atoms. The maximum absolute atomic E-state index is 13.6. The number of hydrazine groups is 1. The summed E-state index contributed by atoms with van der Waals surface area (Å²) in [6.45, 7) is 9.46. The summed E-state index contributed by atoms with van der Waals surface area (Å²) in [4.78, 5) is 16.0. The number of rotatable bonds is 2. The third-order valence-corrected chi connectivity index (χ3v) is 8.49. The minimum atomic E-state index is -0.160. The van der Waals surface area contributed by atoms with Crippen molar-refractivity contribution in [2.45, 2.75) is 69.9 Å². The van der Waals surface area contributed by atoms with Crippen molar-refractivity contribution in [3.8, 4) is 0 Å². The topological polar surface area (TPSA) is 93.4 Å². The molecule has 3 fully saturated rings. The molecule has 1 aromatic rings. The zero-order valence-corrected chi connectivity index (χ0v) is 22.9. The van der Waals surface area contributed by atoms with E-state index < -0.39 is 0 Å². The number of amides is 1. The van der Waals surface area contributed by atoms with Crippen molar-refractivity contribution in [3.63, 3.8) is 0 Å². The molecule has 10 heteroatoms. The van der Waals surface area contributed by atoms with Gasteiger partial charge in [-0.15, -0.1) is 0 Å². The quantitative estimate of drug-likeness (QED) is 0.427. The van der Waals surface area contributed by atoms with E-state index in [0.29, 0.717) is 32.9 Å². The molecule has 0 aromatic heterocycles. The first-order valence-electron chi connectivity index (χ1n) is 14.2. The molecule has 5 atom stereocenters. The minimum Gasteiger partial charge on any atom is -0.375 e. The fourth-order valence-electron chi connectivity index (χ4n) is 6.89. The monoisotopic (exact) mass is 525 g/mol. The summed E-state index contributed by atoms with van der Waals surface area (Å²) in [6, 6.07) is 6.74. The molecule has 5 heterocycles. The molecule has 5 aliphatic heterocycles. The number of hydrogen-bond donors (Lipinski definition) is 4. The van der Waals surface area contributed by atoms with Gasteiger partial charge in [-0.25, -0.2) is 0 Å². The maximum atomic E-state index is 13.6. The van der Waals surface area contributed by atoms with Crippen molar-refractivity contribution < 1.29 is 14.3 Å². The molecule has 1 amide bonds. The van der Waals surface area contributed by atoms with Crippen LogP contribution in [-0.2, 0) is 26.2 Å². The van der Waals surface area contributed by atoms with E-state index in [0.717, 1.165) is 38.0 Å². The Kier molecular flexibility index (Phi) is 7.47. The number of ether oxygens (including phenoxy) is 2. The highest BCUT2D eigenvalue weighted by atomic mass is 16.5. The molecule has 10 nitrogen and oxygen atoms in total. The molecular weight excluding hydrogens is 482 g/mol. The number of nitrogens with zero attached hydrogens (tertiary/aromatic N) is 3. The second-order valence-corrected chi connectivity index (χ2v) is 12.0. The van der Waals surface area contributed by atoms with E-state index in [1.54, 1.807) is 0 Å². The molecule has 0 saturated carbocycles. The van der Waals surface area contributed by atoms with Gasteiger partial charge in [0.05, 0.1) is 44.6 Å². The van der Waals surface area contributed by atoms with Gasteiger partial charge in [-0.05, 0) is 49.6 Å². The highest BCUT2D eigenvalue weighted by Crippen LogP contribution is 2.35. The first-order chi connectivity index (χ1) is 18.4. The molecule has 3 saturated heterocycles. The third-order valence-electron chi connectivity index (χ3n) is 8.49. The Morgan fingerprint density at radius 3 is 2.92 bits per heavy atom. The molecule has 5 unspecified atom stereocenters. The van der Waals surface area contributed by atoms with Crippen LogP contribution in [0.5, 0.6) is 0 Å². The van der Waals surface area contributed by atoms with E-state index in [2.05, 4.69) is 70.3 Å². The van der Waals surface area contributed by atoms with Crippen LogP contribution in [0.4, 0.5) is 5.69 Å². The van der Waals surface area contributed by atoms with Crippen LogP contribution in [0.1, 0.15) is 44.2 Å². The van der Waals surface area contributed by atoms with Crippen LogP contribution in [-0.4, -0.2) is 92.2 Å². The second-order valence-electron chi connectivity index (χ2n) is 12.0. The number of carbonyl (C=O) groups excluding carboxylic acids is 1. The second kappa shape index (κ2) is 10.8. The summed E-state index contributed by atoms with van der Waals surface area (Å²) in [7, 11) is 2.19. The number of carbonyl (C=O) groups is 1. The van der Waals surface area contributed by atoms with Gasteiger partial charge in [0.15, 0.2) is 0 Å². The highest BCUT2D eigenvalue weighted by molar-refractivity contribution is 5.82. The van der Waals surface area contributed by atoms with Gasteiger partial charge in [0.25, 0.3) is 0 Å². The first kappa shape index (κ1) is 26.2. The highest BCUT2D eigenvalue weighted by Gasteiger charge is 2.52. The Morgan fingerprint density at radius 2 is 2.03 bits per heavy atom. The summed E-state index contributed by atoms with van der Waals surface area (Å²) >= 11 is 0. The van der Waals surface area contributed by atoms with Crippen molar-refractivity contribution in [1.82, 2.24) is 30.9 Å². The lowest BCUT2D eigenvalue weighted by molar-refractivity contribution is -0.149. The van der Waals surface area contributed by atoms with Crippen molar-refractivity contribution in [2.24, 2.45) is 5.92 Å². The normalized spacial score (nSPS) is 35.2. The number of nitrogens with one attached hydrogen (secondary N) is 4. The fraction of sp³-hybridized carbons (Fsp3) is 0.679. The predicted octanol–water partition coefficient (Wildman–Crippen LogP) is 1.33. The van der Waals surface area contributed by atoms with E-state index in [9.17, 15) is 4.79 Å². The summed E-state index contributed by atoms with van der Waals surface area (Å²) in [5.74, 6) is -0.00976. The Bertz CT molecular complexity index is 1050. The van der Waals surface area contributed by atoms with Crippen molar-refractivity contribution in [3.05, 3.63) is 41.5 Å². The number of anilines is 1. The zero-order chi connectivity index (χ0) is 26.3. The summed E-state index contributed by atoms with van der Waals surface area (Å²) < 4.78 is 11.7. The van der Waals surface area contributed by atoms with E-state index in [-0.39, 0.29) is 42.1 Å². The maximum Gasteiger partial charge on any atom is 0.244 e. The Labute approximate surface area is 226 Å². The average molecular weight is 526 g/mol. The van der Waals surface area contributed by atoms with E-state index >= 15 is 0 Å². The van der Waals surface area contributed by atoms with Gasteiger partial charge in [0.1, 0.15) is 12.5 Å². The molecular formula is C28H43N7O3. The molecule has 0 aliphatic carbocycles. The summed E-state index contributed by atoms with van der Waals surface area (Å²) in [5, 5.41) is 18.7. The largest absolute Gasteiger partial charge is 0.375 e. The number of hydrogen-bond acceptors (Lipinski definition) is 9. The SMILES string of the molecule is CN1Cc2cc(NC3NCC4C(=O)N5C/C=C/COCCOC6CCCC(N6)N5C4N3)ccc2C(C)(C)C1. The van der Waals surface area contributed by atoms with E-state index in [1.165, 1.54) is 11.1 Å². The van der Waals surface area contributed by atoms with Crippen molar-refractivity contribution >= 4 is 11.6 Å².